The molecule has 3 heteroatoms. The van der Waals surface area contributed by atoms with Gasteiger partial charge in [0.2, 0.25) is 5.91 Å². The summed E-state index contributed by atoms with van der Waals surface area (Å²) < 4.78 is 0. The molecule has 1 N–H and O–H groups in total. The first kappa shape index (κ1) is 12.9. The normalized spacial score (nSPS) is 26.5. The SMILES string of the molecule is CNc1ccc(C2(C)CC(C)(C)N(C)C2=O)cc1. The van der Waals surface area contributed by atoms with Crippen molar-refractivity contribution in [2.75, 3.05) is 19.4 Å². The van der Waals surface area contributed by atoms with Crippen LogP contribution < -0.4 is 5.32 Å². The standard InChI is InChI=1S/C15H22N2O/c1-14(2)10-15(3,13(18)17(14)5)11-6-8-12(16-4)9-7-11/h6-9,16H,10H2,1-5H3. The first-order valence-electron chi connectivity index (χ1n) is 6.38. The fourth-order valence-corrected chi connectivity index (χ4v) is 2.93. The molecule has 1 aromatic rings. The summed E-state index contributed by atoms with van der Waals surface area (Å²) in [6.07, 6.45) is 0.855. The Kier molecular flexibility index (Phi) is 2.88. The van der Waals surface area contributed by atoms with Crippen LogP contribution >= 0.6 is 0 Å². The Bertz CT molecular complexity index is 464. The molecule has 98 valence electrons. The van der Waals surface area contributed by atoms with Crippen molar-refractivity contribution in [3.63, 3.8) is 0 Å². The van der Waals surface area contributed by atoms with Crippen LogP contribution in [0.2, 0.25) is 0 Å². The van der Waals surface area contributed by atoms with Crippen LogP contribution in [0.15, 0.2) is 24.3 Å². The lowest BCUT2D eigenvalue weighted by Gasteiger charge is -2.26. The van der Waals surface area contributed by atoms with Crippen molar-refractivity contribution in [1.29, 1.82) is 0 Å². The van der Waals surface area contributed by atoms with Gasteiger partial charge in [0.1, 0.15) is 0 Å². The Morgan fingerprint density at radius 1 is 1.17 bits per heavy atom. The van der Waals surface area contributed by atoms with Crippen LogP contribution in [0.4, 0.5) is 5.69 Å². The van der Waals surface area contributed by atoms with Gasteiger partial charge >= 0.3 is 0 Å². The average Bonchev–Trinajstić information content (AvgIpc) is 2.51. The van der Waals surface area contributed by atoms with Crippen LogP contribution in [0, 0.1) is 0 Å². The minimum absolute atomic E-state index is 0.0759. The summed E-state index contributed by atoms with van der Waals surface area (Å²) in [6, 6.07) is 8.16. The molecular weight excluding hydrogens is 224 g/mol. The van der Waals surface area contributed by atoms with Crippen molar-refractivity contribution in [2.24, 2.45) is 0 Å². The summed E-state index contributed by atoms with van der Waals surface area (Å²) in [5.74, 6) is 0.213. The number of hydrogen-bond acceptors (Lipinski definition) is 2. The van der Waals surface area contributed by atoms with E-state index in [4.69, 9.17) is 0 Å². The number of amides is 1. The molecule has 1 atom stereocenters. The van der Waals surface area contributed by atoms with Gasteiger partial charge in [-0.1, -0.05) is 12.1 Å². The molecule has 0 spiro atoms. The third-order valence-electron chi connectivity index (χ3n) is 4.28. The second-order valence-electron chi connectivity index (χ2n) is 6.01. The highest BCUT2D eigenvalue weighted by Crippen LogP contribution is 2.43. The second kappa shape index (κ2) is 4.01. The summed E-state index contributed by atoms with van der Waals surface area (Å²) in [6.45, 7) is 6.30. The zero-order valence-electron chi connectivity index (χ0n) is 11.9. The smallest absolute Gasteiger partial charge is 0.233 e. The molecule has 1 amide bonds. The zero-order valence-corrected chi connectivity index (χ0v) is 11.9. The van der Waals surface area contributed by atoms with Crippen LogP contribution in [-0.2, 0) is 10.2 Å². The van der Waals surface area contributed by atoms with Crippen molar-refractivity contribution in [2.45, 2.75) is 38.1 Å². The van der Waals surface area contributed by atoms with E-state index in [0.29, 0.717) is 0 Å². The Hall–Kier alpha value is -1.51. The lowest BCUT2D eigenvalue weighted by atomic mass is 9.77. The highest BCUT2D eigenvalue weighted by molar-refractivity contribution is 5.91. The Labute approximate surface area is 109 Å². The van der Waals surface area contributed by atoms with Crippen LogP contribution in [-0.4, -0.2) is 30.4 Å². The molecule has 0 aromatic heterocycles. The minimum atomic E-state index is -0.398. The molecule has 0 radical (unpaired) electrons. The van der Waals surface area contributed by atoms with Gasteiger partial charge in [-0.2, -0.15) is 0 Å². The van der Waals surface area contributed by atoms with Gasteiger partial charge in [-0.25, -0.2) is 0 Å². The largest absolute Gasteiger partial charge is 0.388 e. The quantitative estimate of drug-likeness (QED) is 0.870. The molecule has 1 saturated heterocycles. The van der Waals surface area contributed by atoms with Gasteiger partial charge < -0.3 is 10.2 Å². The number of benzene rings is 1. The number of nitrogens with zero attached hydrogens (tertiary/aromatic N) is 1. The lowest BCUT2D eigenvalue weighted by Crippen LogP contribution is -2.38. The molecule has 1 aromatic carbocycles. The number of likely N-dealkylation sites (N-methyl/N-ethyl adjacent to an activating group) is 1. The molecule has 0 saturated carbocycles. The number of carbonyl (C=O) groups excluding carboxylic acids is 1. The van der Waals surface area contributed by atoms with Gasteiger partial charge in [-0.15, -0.1) is 0 Å². The van der Waals surface area contributed by atoms with Gasteiger partial charge in [0, 0.05) is 25.3 Å². The topological polar surface area (TPSA) is 32.3 Å². The van der Waals surface area contributed by atoms with E-state index in [9.17, 15) is 4.79 Å². The molecule has 0 bridgehead atoms. The van der Waals surface area contributed by atoms with E-state index in [1.54, 1.807) is 0 Å². The fourth-order valence-electron chi connectivity index (χ4n) is 2.93. The summed E-state index contributed by atoms with van der Waals surface area (Å²) in [4.78, 5) is 14.4. The Morgan fingerprint density at radius 3 is 2.11 bits per heavy atom. The van der Waals surface area contributed by atoms with E-state index in [0.717, 1.165) is 17.7 Å². The van der Waals surface area contributed by atoms with E-state index < -0.39 is 5.41 Å². The number of likely N-dealkylation sites (tertiary alicyclic amines) is 1. The first-order chi connectivity index (χ1) is 8.31. The second-order valence-corrected chi connectivity index (χ2v) is 6.01. The Balaban J connectivity index is 2.40. The van der Waals surface area contributed by atoms with Crippen LogP contribution in [0.5, 0.6) is 0 Å². The molecule has 1 aliphatic heterocycles. The van der Waals surface area contributed by atoms with Gasteiger partial charge in [0.15, 0.2) is 0 Å². The highest BCUT2D eigenvalue weighted by Gasteiger charge is 2.51. The van der Waals surface area contributed by atoms with Gasteiger partial charge in [-0.3, -0.25) is 4.79 Å². The van der Waals surface area contributed by atoms with Crippen molar-refractivity contribution >= 4 is 11.6 Å². The van der Waals surface area contributed by atoms with E-state index in [2.05, 4.69) is 38.2 Å². The average molecular weight is 246 g/mol. The van der Waals surface area contributed by atoms with Crippen LogP contribution in [0.25, 0.3) is 0 Å². The van der Waals surface area contributed by atoms with E-state index in [-0.39, 0.29) is 11.4 Å². The van der Waals surface area contributed by atoms with E-state index in [1.807, 2.05) is 31.1 Å². The highest BCUT2D eigenvalue weighted by atomic mass is 16.2. The van der Waals surface area contributed by atoms with E-state index in [1.165, 1.54) is 0 Å². The van der Waals surface area contributed by atoms with Crippen molar-refractivity contribution < 1.29 is 4.79 Å². The van der Waals surface area contributed by atoms with Crippen molar-refractivity contribution in [3.05, 3.63) is 29.8 Å². The molecule has 2 rings (SSSR count). The predicted molar refractivity (Wildman–Crippen MR) is 74.8 cm³/mol. The molecule has 1 heterocycles. The minimum Gasteiger partial charge on any atom is -0.388 e. The lowest BCUT2D eigenvalue weighted by molar-refractivity contribution is -0.132. The van der Waals surface area contributed by atoms with Crippen LogP contribution in [0.3, 0.4) is 0 Å². The zero-order chi connectivity index (χ0) is 13.6. The summed E-state index contributed by atoms with van der Waals surface area (Å²) in [5.41, 5.74) is 1.70. The van der Waals surface area contributed by atoms with Crippen molar-refractivity contribution in [3.8, 4) is 0 Å². The molecule has 1 aliphatic rings. The number of hydrogen-bond donors (Lipinski definition) is 1. The maximum atomic E-state index is 12.5. The number of rotatable bonds is 2. The molecule has 18 heavy (non-hydrogen) atoms. The third-order valence-corrected chi connectivity index (χ3v) is 4.28. The summed E-state index contributed by atoms with van der Waals surface area (Å²) in [7, 11) is 3.80. The van der Waals surface area contributed by atoms with Gasteiger partial charge in [0.25, 0.3) is 0 Å². The third kappa shape index (κ3) is 1.78. The molecule has 1 fully saturated rings. The fraction of sp³-hybridized carbons (Fsp3) is 0.533. The van der Waals surface area contributed by atoms with Gasteiger partial charge in [-0.05, 0) is 44.9 Å². The number of carbonyl (C=O) groups is 1. The molecule has 3 nitrogen and oxygen atoms in total. The Morgan fingerprint density at radius 2 is 1.72 bits per heavy atom. The number of anilines is 1. The molecular formula is C15H22N2O. The maximum Gasteiger partial charge on any atom is 0.233 e. The molecule has 1 unspecified atom stereocenters. The number of nitrogens with one attached hydrogen (secondary N) is 1. The molecule has 0 aliphatic carbocycles. The van der Waals surface area contributed by atoms with Gasteiger partial charge in [0.05, 0.1) is 5.41 Å². The monoisotopic (exact) mass is 246 g/mol. The predicted octanol–water partition coefficient (Wildman–Crippen LogP) is 2.63. The van der Waals surface area contributed by atoms with Crippen LogP contribution in [0.1, 0.15) is 32.8 Å². The first-order valence-corrected chi connectivity index (χ1v) is 6.38. The van der Waals surface area contributed by atoms with Crippen molar-refractivity contribution in [1.82, 2.24) is 4.90 Å². The summed E-state index contributed by atoms with van der Waals surface area (Å²) >= 11 is 0. The van der Waals surface area contributed by atoms with E-state index >= 15 is 0 Å². The summed E-state index contributed by atoms with van der Waals surface area (Å²) in [5, 5.41) is 3.10. The maximum absolute atomic E-state index is 12.5.